The number of allylic oxidation sites excluding steroid dienone is 1. The number of ether oxygens (including phenoxy) is 3. The number of nitrogens with zero attached hydrogens (tertiary/aromatic N) is 6. The van der Waals surface area contributed by atoms with Crippen LogP contribution < -0.4 is 5.73 Å². The van der Waals surface area contributed by atoms with Crippen molar-refractivity contribution in [3.05, 3.63) is 47.3 Å². The first-order chi connectivity index (χ1) is 21.2. The van der Waals surface area contributed by atoms with Crippen LogP contribution in [0.2, 0.25) is 5.02 Å². The second-order valence-electron chi connectivity index (χ2n) is 12.8. The van der Waals surface area contributed by atoms with Crippen molar-refractivity contribution in [3.8, 4) is 0 Å². The van der Waals surface area contributed by atoms with Crippen LogP contribution in [0.25, 0.3) is 28.3 Å². The first-order valence-electron chi connectivity index (χ1n) is 14.9. The van der Waals surface area contributed by atoms with E-state index in [9.17, 15) is 13.2 Å². The molecule has 1 aliphatic carbocycles. The van der Waals surface area contributed by atoms with E-state index in [0.717, 1.165) is 18.9 Å². The minimum absolute atomic E-state index is 0.249. The van der Waals surface area contributed by atoms with Gasteiger partial charge in [0.25, 0.3) is 0 Å². The molecule has 2 saturated heterocycles. The quantitative estimate of drug-likeness (QED) is 0.273. The summed E-state index contributed by atoms with van der Waals surface area (Å²) in [7, 11) is 0. The minimum Gasteiger partial charge on any atom is -0.382 e. The fourth-order valence-corrected chi connectivity index (χ4v) is 7.12. The van der Waals surface area contributed by atoms with E-state index in [0.29, 0.717) is 46.8 Å². The molecule has 45 heavy (non-hydrogen) atoms. The number of hydrogen-bond acceptors (Lipinski definition) is 9. The highest BCUT2D eigenvalue weighted by Gasteiger charge is 2.63. The molecule has 4 aromatic rings. The molecule has 3 fully saturated rings. The molecule has 3 atom stereocenters. The SMILES string of the molecule is CC(C)N(CC1OCC2(n3cnc4c(N)ncnc43)OC(C)(C)OC12)C1CC(/C=C\c2nc3cc(Cl)c(C(F)(F)F)cc3[nH]2)C1. The van der Waals surface area contributed by atoms with Crippen molar-refractivity contribution in [2.75, 3.05) is 18.9 Å². The second kappa shape index (κ2) is 10.6. The van der Waals surface area contributed by atoms with Gasteiger partial charge in [-0.2, -0.15) is 13.2 Å². The molecule has 0 spiro atoms. The Labute approximate surface area is 261 Å². The number of halogens is 4. The molecule has 3 aliphatic rings. The van der Waals surface area contributed by atoms with E-state index < -0.39 is 29.4 Å². The molecule has 3 unspecified atom stereocenters. The van der Waals surface area contributed by atoms with Crippen molar-refractivity contribution in [2.24, 2.45) is 5.92 Å². The minimum atomic E-state index is -4.54. The van der Waals surface area contributed by atoms with E-state index >= 15 is 0 Å². The predicted molar refractivity (Wildman–Crippen MR) is 161 cm³/mol. The summed E-state index contributed by atoms with van der Waals surface area (Å²) in [5, 5.41) is -0.369. The molecule has 3 aromatic heterocycles. The van der Waals surface area contributed by atoms with Crippen LogP contribution >= 0.6 is 11.6 Å². The van der Waals surface area contributed by atoms with E-state index in [1.807, 2.05) is 24.5 Å². The Morgan fingerprint density at radius 2 is 2.00 bits per heavy atom. The van der Waals surface area contributed by atoms with E-state index in [1.54, 1.807) is 6.33 Å². The average molecular weight is 647 g/mol. The van der Waals surface area contributed by atoms with E-state index in [1.165, 1.54) is 12.4 Å². The Hall–Kier alpha value is -3.30. The number of fused-ring (bicyclic) bond motifs is 3. The summed E-state index contributed by atoms with van der Waals surface area (Å²) in [6.45, 7) is 9.01. The van der Waals surface area contributed by atoms with Crippen LogP contribution in [-0.4, -0.2) is 77.6 Å². The third kappa shape index (κ3) is 5.26. The summed E-state index contributed by atoms with van der Waals surface area (Å²) in [5.41, 5.74) is 5.94. The zero-order valence-corrected chi connectivity index (χ0v) is 25.9. The van der Waals surface area contributed by atoms with E-state index in [4.69, 9.17) is 31.5 Å². The van der Waals surface area contributed by atoms with E-state index in [2.05, 4.69) is 49.7 Å². The number of hydrogen-bond donors (Lipinski definition) is 2. The number of nitrogen functional groups attached to an aromatic ring is 1. The highest BCUT2D eigenvalue weighted by Crippen LogP contribution is 2.48. The lowest BCUT2D eigenvalue weighted by molar-refractivity contribution is -0.206. The number of aromatic nitrogens is 6. The smallest absolute Gasteiger partial charge is 0.382 e. The Bertz CT molecular complexity index is 1780. The van der Waals surface area contributed by atoms with Gasteiger partial charge in [0.2, 0.25) is 5.72 Å². The van der Waals surface area contributed by atoms with Crippen LogP contribution in [-0.2, 0) is 26.1 Å². The molecule has 15 heteroatoms. The summed E-state index contributed by atoms with van der Waals surface area (Å²) in [6, 6.07) is 2.81. The lowest BCUT2D eigenvalue weighted by Crippen LogP contribution is -2.53. The van der Waals surface area contributed by atoms with Gasteiger partial charge in [-0.05, 0) is 64.7 Å². The Kier molecular flexibility index (Phi) is 7.17. The normalized spacial score (nSPS) is 28.2. The third-order valence-corrected chi connectivity index (χ3v) is 9.30. The van der Waals surface area contributed by atoms with Crippen LogP contribution in [0, 0.1) is 5.92 Å². The lowest BCUT2D eigenvalue weighted by Gasteiger charge is -2.45. The second-order valence-corrected chi connectivity index (χ2v) is 13.2. The molecule has 1 saturated carbocycles. The molecule has 1 aromatic carbocycles. The van der Waals surface area contributed by atoms with Gasteiger partial charge in [0.1, 0.15) is 29.9 Å². The van der Waals surface area contributed by atoms with Crippen LogP contribution in [0.4, 0.5) is 19.0 Å². The molecular formula is C30H34ClF3N8O3. The van der Waals surface area contributed by atoms with Crippen LogP contribution in [0.15, 0.2) is 30.9 Å². The molecule has 7 rings (SSSR count). The fourth-order valence-electron chi connectivity index (χ4n) is 6.85. The molecule has 0 radical (unpaired) electrons. The molecule has 11 nitrogen and oxygen atoms in total. The highest BCUT2D eigenvalue weighted by atomic mass is 35.5. The number of nitrogens with two attached hydrogens (primary N) is 1. The highest BCUT2D eigenvalue weighted by molar-refractivity contribution is 6.32. The van der Waals surface area contributed by atoms with Crippen molar-refractivity contribution in [2.45, 2.75) is 82.5 Å². The maximum absolute atomic E-state index is 13.3. The molecule has 5 heterocycles. The van der Waals surface area contributed by atoms with Gasteiger partial charge in [0.05, 0.1) is 34.6 Å². The summed E-state index contributed by atoms with van der Waals surface area (Å²) in [6.07, 6.45) is 3.57. The van der Waals surface area contributed by atoms with Gasteiger partial charge in [-0.15, -0.1) is 0 Å². The fraction of sp³-hybridized carbons (Fsp3) is 0.533. The average Bonchev–Trinajstić information content (AvgIpc) is 3.67. The topological polar surface area (TPSA) is 129 Å². The largest absolute Gasteiger partial charge is 0.417 e. The van der Waals surface area contributed by atoms with Gasteiger partial charge < -0.3 is 24.9 Å². The molecule has 3 N–H and O–H groups in total. The third-order valence-electron chi connectivity index (χ3n) is 8.98. The summed E-state index contributed by atoms with van der Waals surface area (Å²) >= 11 is 5.86. The zero-order chi connectivity index (χ0) is 31.9. The number of H-pyrrole nitrogens is 1. The van der Waals surface area contributed by atoms with Crippen molar-refractivity contribution in [3.63, 3.8) is 0 Å². The molecule has 2 aliphatic heterocycles. The molecule has 240 valence electrons. The van der Waals surface area contributed by atoms with Crippen LogP contribution in [0.5, 0.6) is 0 Å². The zero-order valence-electron chi connectivity index (χ0n) is 25.2. The number of benzene rings is 1. The summed E-state index contributed by atoms with van der Waals surface area (Å²) < 4.78 is 61.1. The number of imidazole rings is 2. The van der Waals surface area contributed by atoms with E-state index in [-0.39, 0.29) is 29.3 Å². The van der Waals surface area contributed by atoms with Crippen molar-refractivity contribution in [1.29, 1.82) is 0 Å². The number of alkyl halides is 3. The van der Waals surface area contributed by atoms with Gasteiger partial charge in [-0.1, -0.05) is 17.7 Å². The van der Waals surface area contributed by atoms with Gasteiger partial charge in [0.15, 0.2) is 17.3 Å². The number of anilines is 1. The number of rotatable bonds is 7. The summed E-state index contributed by atoms with van der Waals surface area (Å²) in [5.74, 6) is 0.225. The lowest BCUT2D eigenvalue weighted by atomic mass is 9.78. The van der Waals surface area contributed by atoms with Gasteiger partial charge in [-0.25, -0.2) is 19.9 Å². The van der Waals surface area contributed by atoms with Gasteiger partial charge in [0, 0.05) is 18.6 Å². The van der Waals surface area contributed by atoms with Crippen LogP contribution in [0.1, 0.15) is 51.9 Å². The van der Waals surface area contributed by atoms with Gasteiger partial charge in [-0.3, -0.25) is 9.47 Å². The van der Waals surface area contributed by atoms with Crippen molar-refractivity contribution >= 4 is 45.7 Å². The molecule has 0 amide bonds. The van der Waals surface area contributed by atoms with Crippen LogP contribution in [0.3, 0.4) is 0 Å². The van der Waals surface area contributed by atoms with Gasteiger partial charge >= 0.3 is 6.18 Å². The molecule has 0 bridgehead atoms. The first-order valence-corrected chi connectivity index (χ1v) is 15.3. The Morgan fingerprint density at radius 1 is 1.22 bits per heavy atom. The summed E-state index contributed by atoms with van der Waals surface area (Å²) in [4.78, 5) is 22.8. The molecular weight excluding hydrogens is 613 g/mol. The Morgan fingerprint density at radius 3 is 2.73 bits per heavy atom. The predicted octanol–water partition coefficient (Wildman–Crippen LogP) is 5.36. The number of nitrogens with one attached hydrogen (secondary N) is 1. The van der Waals surface area contributed by atoms with Crippen molar-refractivity contribution in [1.82, 2.24) is 34.4 Å². The maximum atomic E-state index is 13.3. The Balaban J connectivity index is 1.05. The standard InChI is InChI=1S/C30H34ClF3N8O3/c1-15(2)41(17-7-16(8-17)5-6-23-39-20-9-18(30(32,33)34)19(31)10-21(20)40-23)11-22-25-29(12-43-22,45-28(3,4)44-25)42-14-38-24-26(35)36-13-37-27(24)42/h5-6,9-10,13-17,22,25H,7-8,11-12H2,1-4H3,(H,39,40)(H2,35,36,37)/b6-5-. The first kappa shape index (κ1) is 30.4. The monoisotopic (exact) mass is 646 g/mol. The number of aromatic amines is 1. The maximum Gasteiger partial charge on any atom is 0.417 e. The van der Waals surface area contributed by atoms with Crippen molar-refractivity contribution < 1.29 is 27.4 Å².